The number of allylic oxidation sites excluding steroid dienone is 1. The van der Waals surface area contributed by atoms with E-state index < -0.39 is 5.97 Å². The van der Waals surface area contributed by atoms with Gasteiger partial charge in [0.2, 0.25) is 5.78 Å². The number of hydrogen-bond donors (Lipinski definition) is 2. The molecule has 2 N–H and O–H groups in total. The standard InChI is InChI=1S/C10H6ClNO3/c1-4-9(13)7-6(12-4)3-2-5(8(7)11)10(14)15/h2-3,12H,1H2,(H,14,15). The topological polar surface area (TPSA) is 66.4 Å². The molecule has 5 heteroatoms. The van der Waals surface area contributed by atoms with Crippen LogP contribution in [0.4, 0.5) is 5.69 Å². The number of carbonyl (C=O) groups is 2. The van der Waals surface area contributed by atoms with Crippen LogP contribution in [0.5, 0.6) is 0 Å². The summed E-state index contributed by atoms with van der Waals surface area (Å²) in [7, 11) is 0. The third-order valence-corrected chi connectivity index (χ3v) is 2.55. The predicted octanol–water partition coefficient (Wildman–Crippen LogP) is 2.16. The molecule has 2 rings (SSSR count). The average molecular weight is 224 g/mol. The fourth-order valence-corrected chi connectivity index (χ4v) is 1.77. The number of carboxylic acids is 1. The van der Waals surface area contributed by atoms with Crippen molar-refractivity contribution < 1.29 is 14.7 Å². The van der Waals surface area contributed by atoms with Crippen LogP contribution in [-0.4, -0.2) is 16.9 Å². The minimum atomic E-state index is -1.16. The van der Waals surface area contributed by atoms with Crippen LogP contribution in [-0.2, 0) is 0 Å². The first-order valence-corrected chi connectivity index (χ1v) is 4.46. The minimum absolute atomic E-state index is 0.0452. The van der Waals surface area contributed by atoms with Crippen LogP contribution in [0, 0.1) is 0 Å². The molecule has 0 radical (unpaired) electrons. The van der Waals surface area contributed by atoms with Gasteiger partial charge in [-0.15, -0.1) is 0 Å². The Morgan fingerprint density at radius 1 is 1.47 bits per heavy atom. The molecule has 1 aliphatic rings. The number of benzene rings is 1. The Kier molecular flexibility index (Phi) is 2.01. The van der Waals surface area contributed by atoms with E-state index in [-0.39, 0.29) is 27.6 Å². The van der Waals surface area contributed by atoms with Gasteiger partial charge in [0.05, 0.1) is 27.5 Å². The maximum absolute atomic E-state index is 11.6. The van der Waals surface area contributed by atoms with Crippen molar-refractivity contribution in [2.75, 3.05) is 5.32 Å². The Morgan fingerprint density at radius 3 is 2.73 bits per heavy atom. The van der Waals surface area contributed by atoms with E-state index in [2.05, 4.69) is 11.9 Å². The molecule has 0 amide bonds. The molecule has 76 valence electrons. The zero-order chi connectivity index (χ0) is 11.2. The zero-order valence-electron chi connectivity index (χ0n) is 7.50. The van der Waals surface area contributed by atoms with Gasteiger partial charge in [0.25, 0.3) is 0 Å². The number of fused-ring (bicyclic) bond motifs is 1. The van der Waals surface area contributed by atoms with Crippen molar-refractivity contribution >= 4 is 29.0 Å². The highest BCUT2D eigenvalue weighted by atomic mass is 35.5. The number of nitrogens with one attached hydrogen (secondary N) is 1. The van der Waals surface area contributed by atoms with E-state index in [4.69, 9.17) is 16.7 Å². The molecule has 0 atom stereocenters. The molecular formula is C10H6ClNO3. The molecule has 1 aromatic carbocycles. The number of hydrogen-bond acceptors (Lipinski definition) is 3. The number of aromatic carboxylic acids is 1. The molecule has 1 aliphatic heterocycles. The summed E-state index contributed by atoms with van der Waals surface area (Å²) in [6.07, 6.45) is 0. The van der Waals surface area contributed by atoms with Crippen LogP contribution >= 0.6 is 11.6 Å². The number of Topliss-reactive ketones (excluding diaryl/α,β-unsaturated/α-hetero) is 1. The summed E-state index contributed by atoms with van der Waals surface area (Å²) in [5, 5.41) is 11.5. The Balaban J connectivity index is 2.70. The van der Waals surface area contributed by atoms with E-state index in [0.29, 0.717) is 5.69 Å². The highest BCUT2D eigenvalue weighted by Crippen LogP contribution is 2.35. The Morgan fingerprint density at radius 2 is 2.13 bits per heavy atom. The molecule has 0 unspecified atom stereocenters. The normalized spacial score (nSPS) is 13.7. The van der Waals surface area contributed by atoms with Gasteiger partial charge in [0.15, 0.2) is 0 Å². The van der Waals surface area contributed by atoms with Crippen LogP contribution in [0.25, 0.3) is 0 Å². The lowest BCUT2D eigenvalue weighted by atomic mass is 10.1. The maximum atomic E-state index is 11.6. The molecule has 0 saturated carbocycles. The smallest absolute Gasteiger partial charge is 0.337 e. The maximum Gasteiger partial charge on any atom is 0.337 e. The van der Waals surface area contributed by atoms with E-state index in [0.717, 1.165) is 0 Å². The molecule has 0 aliphatic carbocycles. The fourth-order valence-electron chi connectivity index (χ4n) is 1.44. The second-order valence-electron chi connectivity index (χ2n) is 3.09. The first-order chi connectivity index (χ1) is 7.02. The molecule has 0 spiro atoms. The van der Waals surface area contributed by atoms with Gasteiger partial charge < -0.3 is 10.4 Å². The summed E-state index contributed by atoms with van der Waals surface area (Å²) >= 11 is 5.83. The second kappa shape index (κ2) is 3.10. The average Bonchev–Trinajstić information content (AvgIpc) is 2.43. The quantitative estimate of drug-likeness (QED) is 0.716. The van der Waals surface area contributed by atoms with E-state index in [1.165, 1.54) is 12.1 Å². The first-order valence-electron chi connectivity index (χ1n) is 4.09. The molecule has 1 heterocycles. The van der Waals surface area contributed by atoms with Gasteiger partial charge in [-0.2, -0.15) is 0 Å². The summed E-state index contributed by atoms with van der Waals surface area (Å²) in [6, 6.07) is 2.85. The molecule has 1 aromatic rings. The number of carboxylic acid groups (broad SMARTS) is 1. The van der Waals surface area contributed by atoms with Crippen molar-refractivity contribution in [1.29, 1.82) is 0 Å². The summed E-state index contributed by atoms with van der Waals surface area (Å²) < 4.78 is 0. The zero-order valence-corrected chi connectivity index (χ0v) is 8.26. The van der Waals surface area contributed by atoms with Gasteiger partial charge in [0, 0.05) is 0 Å². The Hall–Kier alpha value is -1.81. The Bertz CT molecular complexity index is 508. The van der Waals surface area contributed by atoms with Crippen LogP contribution in [0.2, 0.25) is 5.02 Å². The summed E-state index contributed by atoms with van der Waals surface area (Å²) in [5.74, 6) is -1.52. The highest BCUT2D eigenvalue weighted by Gasteiger charge is 2.28. The largest absolute Gasteiger partial charge is 0.478 e. The minimum Gasteiger partial charge on any atom is -0.478 e. The van der Waals surface area contributed by atoms with Gasteiger partial charge in [-0.25, -0.2) is 4.79 Å². The monoisotopic (exact) mass is 223 g/mol. The van der Waals surface area contributed by atoms with Crippen LogP contribution in [0.15, 0.2) is 24.4 Å². The summed E-state index contributed by atoms with van der Waals surface area (Å²) in [4.78, 5) is 22.3. The Labute approximate surface area is 90.2 Å². The SMILES string of the molecule is C=C1Nc2ccc(C(=O)O)c(Cl)c2C1=O. The number of halogens is 1. The first kappa shape index (κ1) is 9.73. The van der Waals surface area contributed by atoms with Gasteiger partial charge in [0.1, 0.15) is 0 Å². The van der Waals surface area contributed by atoms with Crippen molar-refractivity contribution in [3.8, 4) is 0 Å². The second-order valence-corrected chi connectivity index (χ2v) is 3.47. The molecule has 0 saturated heterocycles. The van der Waals surface area contributed by atoms with Crippen molar-refractivity contribution in [2.24, 2.45) is 0 Å². The van der Waals surface area contributed by atoms with Crippen molar-refractivity contribution in [2.45, 2.75) is 0 Å². The molecular weight excluding hydrogens is 218 g/mol. The van der Waals surface area contributed by atoms with Crippen molar-refractivity contribution in [3.63, 3.8) is 0 Å². The van der Waals surface area contributed by atoms with E-state index >= 15 is 0 Å². The highest BCUT2D eigenvalue weighted by molar-refractivity contribution is 6.39. The number of ketones is 1. The molecule has 0 aromatic heterocycles. The van der Waals surface area contributed by atoms with Gasteiger partial charge in [-0.1, -0.05) is 18.2 Å². The summed E-state index contributed by atoms with van der Waals surface area (Å²) in [5.41, 5.74) is 0.802. The lowest BCUT2D eigenvalue weighted by Gasteiger charge is -2.03. The third-order valence-electron chi connectivity index (χ3n) is 2.16. The van der Waals surface area contributed by atoms with Crippen LogP contribution in [0.1, 0.15) is 20.7 Å². The third kappa shape index (κ3) is 1.30. The van der Waals surface area contributed by atoms with Crippen LogP contribution < -0.4 is 5.32 Å². The summed E-state index contributed by atoms with van der Waals surface area (Å²) in [6.45, 7) is 3.50. The van der Waals surface area contributed by atoms with Crippen molar-refractivity contribution in [1.82, 2.24) is 0 Å². The fraction of sp³-hybridized carbons (Fsp3) is 0. The molecule has 15 heavy (non-hydrogen) atoms. The lowest BCUT2D eigenvalue weighted by Crippen LogP contribution is -2.02. The lowest BCUT2D eigenvalue weighted by molar-refractivity contribution is 0.0697. The van der Waals surface area contributed by atoms with Crippen LogP contribution in [0.3, 0.4) is 0 Å². The molecule has 0 bridgehead atoms. The van der Waals surface area contributed by atoms with Gasteiger partial charge in [-0.3, -0.25) is 4.79 Å². The van der Waals surface area contributed by atoms with Gasteiger partial charge >= 0.3 is 5.97 Å². The molecule has 0 fully saturated rings. The molecule has 4 nitrogen and oxygen atoms in total. The van der Waals surface area contributed by atoms with Crippen molar-refractivity contribution in [3.05, 3.63) is 40.6 Å². The van der Waals surface area contributed by atoms with E-state index in [9.17, 15) is 9.59 Å². The van der Waals surface area contributed by atoms with E-state index in [1.807, 2.05) is 0 Å². The number of rotatable bonds is 1. The van der Waals surface area contributed by atoms with E-state index in [1.54, 1.807) is 0 Å². The number of anilines is 1. The van der Waals surface area contributed by atoms with Gasteiger partial charge in [-0.05, 0) is 12.1 Å². The number of carbonyl (C=O) groups excluding carboxylic acids is 1. The predicted molar refractivity (Wildman–Crippen MR) is 55.5 cm³/mol.